The van der Waals surface area contributed by atoms with Gasteiger partial charge in [0.15, 0.2) is 0 Å². The van der Waals surface area contributed by atoms with E-state index in [1.165, 1.54) is 0 Å². The number of nitrogens with zero attached hydrogens (tertiary/aromatic N) is 5. The Morgan fingerprint density at radius 1 is 1.12 bits per heavy atom. The molecule has 0 unspecified atom stereocenters. The number of methoxy groups -OCH3 is 1. The zero-order valence-corrected chi connectivity index (χ0v) is 18.9. The van der Waals surface area contributed by atoms with Crippen LogP contribution in [0.4, 0.5) is 11.5 Å². The largest absolute Gasteiger partial charge is 0.497 e. The second-order valence-electron chi connectivity index (χ2n) is 7.06. The van der Waals surface area contributed by atoms with Crippen molar-refractivity contribution >= 4 is 33.3 Å². The topological polar surface area (TPSA) is 99.2 Å². The molecular formula is C23H21BrN6O2. The standard InChI is InChI=1S/C23H21BrN6O2/c1-32-20-10-8-19(9-11-20)30(23-21(22(25)31)3-2-12-26-23)15-18-14-29(28-27-18)13-16-4-6-17(24)7-5-16/h2-12,14H,13,15H2,1H3,(H2,25,31). The smallest absolute Gasteiger partial charge is 0.252 e. The van der Waals surface area contributed by atoms with E-state index in [0.717, 1.165) is 27.2 Å². The SMILES string of the molecule is COc1ccc(N(Cc2cn(Cc3ccc(Br)cc3)nn2)c2ncccc2C(N)=O)cc1. The average molecular weight is 493 g/mol. The number of hydrogen-bond donors (Lipinski definition) is 1. The third kappa shape index (κ3) is 4.94. The Morgan fingerprint density at radius 3 is 2.56 bits per heavy atom. The van der Waals surface area contributed by atoms with Crippen LogP contribution in [0.25, 0.3) is 0 Å². The molecule has 0 aliphatic heterocycles. The Kier molecular flexibility index (Phi) is 6.46. The number of nitrogens with two attached hydrogens (primary N) is 1. The van der Waals surface area contributed by atoms with Crippen molar-refractivity contribution in [1.29, 1.82) is 0 Å². The van der Waals surface area contributed by atoms with Crippen molar-refractivity contribution < 1.29 is 9.53 Å². The molecule has 0 fully saturated rings. The Labute approximate surface area is 193 Å². The Balaban J connectivity index is 1.64. The van der Waals surface area contributed by atoms with Gasteiger partial charge in [-0.15, -0.1) is 5.10 Å². The quantitative estimate of drug-likeness (QED) is 0.400. The van der Waals surface area contributed by atoms with Crippen LogP contribution in [0.3, 0.4) is 0 Å². The van der Waals surface area contributed by atoms with E-state index in [0.29, 0.717) is 24.5 Å². The number of rotatable bonds is 8. The highest BCUT2D eigenvalue weighted by molar-refractivity contribution is 9.10. The second-order valence-corrected chi connectivity index (χ2v) is 7.97. The van der Waals surface area contributed by atoms with E-state index in [1.54, 1.807) is 30.1 Å². The van der Waals surface area contributed by atoms with Crippen molar-refractivity contribution in [1.82, 2.24) is 20.0 Å². The van der Waals surface area contributed by atoms with Crippen molar-refractivity contribution in [3.8, 4) is 5.75 Å². The van der Waals surface area contributed by atoms with Gasteiger partial charge in [0.05, 0.1) is 32.0 Å². The van der Waals surface area contributed by atoms with Crippen LogP contribution in [0, 0.1) is 0 Å². The maximum Gasteiger partial charge on any atom is 0.252 e. The number of amides is 1. The summed E-state index contributed by atoms with van der Waals surface area (Å²) in [7, 11) is 1.61. The number of benzene rings is 2. The highest BCUT2D eigenvalue weighted by atomic mass is 79.9. The summed E-state index contributed by atoms with van der Waals surface area (Å²) in [6.45, 7) is 0.947. The molecule has 162 valence electrons. The van der Waals surface area contributed by atoms with E-state index in [4.69, 9.17) is 10.5 Å². The number of pyridine rings is 1. The number of anilines is 2. The summed E-state index contributed by atoms with van der Waals surface area (Å²) in [4.78, 5) is 18.4. The maximum absolute atomic E-state index is 12.0. The molecule has 1 amide bonds. The van der Waals surface area contributed by atoms with E-state index < -0.39 is 5.91 Å². The predicted octanol–water partition coefficient (Wildman–Crippen LogP) is 3.93. The number of halogens is 1. The lowest BCUT2D eigenvalue weighted by molar-refractivity contribution is 0.100. The minimum Gasteiger partial charge on any atom is -0.497 e. The van der Waals surface area contributed by atoms with Gasteiger partial charge in [0, 0.05) is 16.4 Å². The van der Waals surface area contributed by atoms with Crippen LogP contribution in [0.2, 0.25) is 0 Å². The number of ether oxygens (including phenoxy) is 1. The molecule has 2 heterocycles. The summed E-state index contributed by atoms with van der Waals surface area (Å²) in [5, 5.41) is 8.58. The van der Waals surface area contributed by atoms with E-state index >= 15 is 0 Å². The Bertz CT molecular complexity index is 1210. The lowest BCUT2D eigenvalue weighted by atomic mass is 10.2. The van der Waals surface area contributed by atoms with Gasteiger partial charge in [0.25, 0.3) is 5.91 Å². The number of carbonyl (C=O) groups is 1. The first-order chi connectivity index (χ1) is 15.5. The van der Waals surface area contributed by atoms with Crippen LogP contribution in [0.15, 0.2) is 77.5 Å². The fraction of sp³-hybridized carbons (Fsp3) is 0.130. The van der Waals surface area contributed by atoms with Crippen molar-refractivity contribution in [3.05, 3.63) is 94.4 Å². The predicted molar refractivity (Wildman–Crippen MR) is 125 cm³/mol. The molecule has 2 aromatic heterocycles. The molecule has 32 heavy (non-hydrogen) atoms. The van der Waals surface area contributed by atoms with Gasteiger partial charge in [-0.05, 0) is 54.1 Å². The summed E-state index contributed by atoms with van der Waals surface area (Å²) in [5.74, 6) is 0.628. The lowest BCUT2D eigenvalue weighted by Gasteiger charge is -2.24. The van der Waals surface area contributed by atoms with Crippen LogP contribution in [0.5, 0.6) is 5.75 Å². The van der Waals surface area contributed by atoms with Gasteiger partial charge in [-0.1, -0.05) is 33.3 Å². The summed E-state index contributed by atoms with van der Waals surface area (Å²) in [6, 6.07) is 18.9. The lowest BCUT2D eigenvalue weighted by Crippen LogP contribution is -2.23. The average Bonchev–Trinajstić information content (AvgIpc) is 3.26. The van der Waals surface area contributed by atoms with Gasteiger partial charge < -0.3 is 15.4 Å². The minimum absolute atomic E-state index is 0.325. The van der Waals surface area contributed by atoms with Crippen LogP contribution in [-0.4, -0.2) is 33.0 Å². The molecule has 0 spiro atoms. The molecule has 0 atom stereocenters. The number of hydrogen-bond acceptors (Lipinski definition) is 6. The normalized spacial score (nSPS) is 10.7. The molecule has 4 aromatic rings. The maximum atomic E-state index is 12.0. The molecule has 0 saturated heterocycles. The first kappa shape index (κ1) is 21.5. The van der Waals surface area contributed by atoms with Crippen LogP contribution < -0.4 is 15.4 Å². The number of carbonyl (C=O) groups excluding carboxylic acids is 1. The van der Waals surface area contributed by atoms with Crippen LogP contribution >= 0.6 is 15.9 Å². The highest BCUT2D eigenvalue weighted by Gasteiger charge is 2.19. The molecule has 9 heteroatoms. The fourth-order valence-electron chi connectivity index (χ4n) is 3.28. The van der Waals surface area contributed by atoms with Crippen LogP contribution in [-0.2, 0) is 13.1 Å². The molecular weight excluding hydrogens is 472 g/mol. The molecule has 8 nitrogen and oxygen atoms in total. The molecule has 0 saturated carbocycles. The van der Waals surface area contributed by atoms with Crippen molar-refractivity contribution in [2.24, 2.45) is 5.73 Å². The summed E-state index contributed by atoms with van der Waals surface area (Å²) in [6.07, 6.45) is 3.51. The van der Waals surface area contributed by atoms with Gasteiger partial charge in [0.1, 0.15) is 17.3 Å². The third-order valence-electron chi connectivity index (χ3n) is 4.86. The summed E-state index contributed by atoms with van der Waals surface area (Å²) < 4.78 is 8.07. The second kappa shape index (κ2) is 9.61. The Hall–Kier alpha value is -3.72. The van der Waals surface area contributed by atoms with Crippen molar-refractivity contribution in [2.75, 3.05) is 12.0 Å². The first-order valence-electron chi connectivity index (χ1n) is 9.83. The van der Waals surface area contributed by atoms with E-state index in [9.17, 15) is 4.79 Å². The van der Waals surface area contributed by atoms with Gasteiger partial charge >= 0.3 is 0 Å². The fourth-order valence-corrected chi connectivity index (χ4v) is 3.55. The highest BCUT2D eigenvalue weighted by Crippen LogP contribution is 2.29. The van der Waals surface area contributed by atoms with Crippen molar-refractivity contribution in [2.45, 2.75) is 13.1 Å². The molecule has 0 bridgehead atoms. The zero-order valence-electron chi connectivity index (χ0n) is 17.4. The zero-order chi connectivity index (χ0) is 22.5. The first-order valence-corrected chi connectivity index (χ1v) is 10.6. The van der Waals surface area contributed by atoms with Crippen molar-refractivity contribution in [3.63, 3.8) is 0 Å². The van der Waals surface area contributed by atoms with E-state index in [-0.39, 0.29) is 0 Å². The van der Waals surface area contributed by atoms with Gasteiger partial charge in [-0.3, -0.25) is 4.79 Å². The van der Waals surface area contributed by atoms with Gasteiger partial charge in [-0.2, -0.15) is 0 Å². The molecule has 0 aliphatic rings. The minimum atomic E-state index is -0.550. The molecule has 0 radical (unpaired) electrons. The van der Waals surface area contributed by atoms with E-state index in [2.05, 4.69) is 31.2 Å². The van der Waals surface area contributed by atoms with Gasteiger partial charge in [-0.25, -0.2) is 9.67 Å². The molecule has 0 aliphatic carbocycles. The summed E-state index contributed by atoms with van der Waals surface area (Å²) in [5.41, 5.74) is 8.58. The summed E-state index contributed by atoms with van der Waals surface area (Å²) >= 11 is 3.44. The van der Waals surface area contributed by atoms with Crippen LogP contribution in [0.1, 0.15) is 21.6 Å². The molecule has 2 N–H and O–H groups in total. The third-order valence-corrected chi connectivity index (χ3v) is 5.38. The monoisotopic (exact) mass is 492 g/mol. The van der Waals surface area contributed by atoms with E-state index in [1.807, 2.05) is 59.6 Å². The molecule has 2 aromatic carbocycles. The Morgan fingerprint density at radius 2 is 1.88 bits per heavy atom. The number of primary amides is 1. The number of aromatic nitrogens is 4. The molecule has 4 rings (SSSR count). The van der Waals surface area contributed by atoms with Gasteiger partial charge in [0.2, 0.25) is 0 Å².